The van der Waals surface area contributed by atoms with Crippen LogP contribution in [-0.2, 0) is 0 Å². The molecule has 19 heavy (non-hydrogen) atoms. The van der Waals surface area contributed by atoms with E-state index in [2.05, 4.69) is 10.5 Å². The number of nitrogens with one attached hydrogen (secondary N) is 1. The highest BCUT2D eigenvalue weighted by atomic mass is 16.5. The fourth-order valence-corrected chi connectivity index (χ4v) is 2.66. The van der Waals surface area contributed by atoms with Gasteiger partial charge in [-0.3, -0.25) is 4.79 Å². The van der Waals surface area contributed by atoms with Gasteiger partial charge in [-0.2, -0.15) is 0 Å². The molecule has 0 spiro atoms. The molecule has 1 N–H and O–H groups in total. The van der Waals surface area contributed by atoms with E-state index in [1.807, 2.05) is 11.8 Å². The van der Waals surface area contributed by atoms with Crippen molar-refractivity contribution >= 4 is 5.91 Å². The molecule has 2 heterocycles. The van der Waals surface area contributed by atoms with Crippen molar-refractivity contribution in [2.75, 3.05) is 19.6 Å². The molecule has 1 amide bonds. The fraction of sp³-hybridized carbons (Fsp3) is 0.714. The summed E-state index contributed by atoms with van der Waals surface area (Å²) < 4.78 is 5.01. The van der Waals surface area contributed by atoms with Crippen LogP contribution in [0.15, 0.2) is 10.6 Å². The van der Waals surface area contributed by atoms with Crippen molar-refractivity contribution in [3.63, 3.8) is 0 Å². The molecule has 1 aliphatic carbocycles. The van der Waals surface area contributed by atoms with Crippen LogP contribution in [-0.4, -0.2) is 41.6 Å². The molecule has 1 aromatic heterocycles. The van der Waals surface area contributed by atoms with Gasteiger partial charge in [-0.15, -0.1) is 0 Å². The Kier molecular flexibility index (Phi) is 3.55. The lowest BCUT2D eigenvalue weighted by Gasteiger charge is -2.25. The third-order valence-corrected chi connectivity index (χ3v) is 3.91. The standard InChI is InChI=1S/C14H21N3O2/c1-10-7-13(16-19-10)14(18)17(8-11-4-5-11)9-12-3-2-6-15-12/h7,11-12,15H,2-6,8-9H2,1H3. The monoisotopic (exact) mass is 263 g/mol. The van der Waals surface area contributed by atoms with E-state index in [0.717, 1.165) is 26.1 Å². The van der Waals surface area contributed by atoms with Gasteiger partial charge in [-0.1, -0.05) is 5.16 Å². The number of rotatable bonds is 5. The summed E-state index contributed by atoms with van der Waals surface area (Å²) in [5.41, 5.74) is 0.441. The summed E-state index contributed by atoms with van der Waals surface area (Å²) in [4.78, 5) is 14.4. The summed E-state index contributed by atoms with van der Waals surface area (Å²) in [6.45, 7) is 4.54. The van der Waals surface area contributed by atoms with Crippen LogP contribution in [0.25, 0.3) is 0 Å². The molecule has 5 nitrogen and oxygen atoms in total. The van der Waals surface area contributed by atoms with Crippen LogP contribution < -0.4 is 5.32 Å². The molecule has 2 fully saturated rings. The van der Waals surface area contributed by atoms with Gasteiger partial charge in [0.1, 0.15) is 5.76 Å². The highest BCUT2D eigenvalue weighted by Gasteiger charge is 2.30. The summed E-state index contributed by atoms with van der Waals surface area (Å²) in [6.07, 6.45) is 4.87. The summed E-state index contributed by atoms with van der Waals surface area (Å²) in [5.74, 6) is 1.39. The Morgan fingerprint density at radius 1 is 1.47 bits per heavy atom. The van der Waals surface area contributed by atoms with Crippen molar-refractivity contribution < 1.29 is 9.32 Å². The van der Waals surface area contributed by atoms with Crippen LogP contribution in [0.1, 0.15) is 41.9 Å². The first-order valence-electron chi connectivity index (χ1n) is 7.18. The first-order chi connectivity index (χ1) is 9.22. The molecule has 1 unspecified atom stereocenters. The second-order valence-electron chi connectivity index (χ2n) is 5.77. The van der Waals surface area contributed by atoms with Gasteiger partial charge in [0.15, 0.2) is 5.69 Å². The van der Waals surface area contributed by atoms with E-state index in [1.165, 1.54) is 19.3 Å². The van der Waals surface area contributed by atoms with Crippen molar-refractivity contribution in [3.8, 4) is 0 Å². The Labute approximate surface area is 113 Å². The maximum Gasteiger partial charge on any atom is 0.276 e. The Morgan fingerprint density at radius 2 is 2.32 bits per heavy atom. The van der Waals surface area contributed by atoms with Gasteiger partial charge in [-0.25, -0.2) is 0 Å². The van der Waals surface area contributed by atoms with Crippen molar-refractivity contribution in [1.82, 2.24) is 15.4 Å². The molecule has 1 aliphatic heterocycles. The number of aryl methyl sites for hydroxylation is 1. The predicted molar refractivity (Wildman–Crippen MR) is 70.9 cm³/mol. The lowest BCUT2D eigenvalue weighted by molar-refractivity contribution is 0.0723. The third kappa shape index (κ3) is 3.15. The maximum atomic E-state index is 12.5. The second-order valence-corrected chi connectivity index (χ2v) is 5.77. The zero-order valence-corrected chi connectivity index (χ0v) is 11.4. The SMILES string of the molecule is Cc1cc(C(=O)N(CC2CC2)CC2CCCN2)no1. The maximum absolute atomic E-state index is 12.5. The highest BCUT2D eigenvalue weighted by molar-refractivity contribution is 5.92. The lowest BCUT2D eigenvalue weighted by Crippen LogP contribution is -2.42. The molecule has 1 saturated carbocycles. The van der Waals surface area contributed by atoms with Crippen LogP contribution in [0.2, 0.25) is 0 Å². The molecular weight excluding hydrogens is 242 g/mol. The van der Waals surface area contributed by atoms with Crippen LogP contribution in [0.5, 0.6) is 0 Å². The van der Waals surface area contributed by atoms with E-state index in [0.29, 0.717) is 23.4 Å². The number of carbonyl (C=O) groups excluding carboxylic acids is 1. The minimum absolute atomic E-state index is 0.0115. The molecule has 0 radical (unpaired) electrons. The number of nitrogens with zero attached hydrogens (tertiary/aromatic N) is 2. The summed E-state index contributed by atoms with van der Waals surface area (Å²) in [7, 11) is 0. The molecule has 5 heteroatoms. The summed E-state index contributed by atoms with van der Waals surface area (Å²) >= 11 is 0. The van der Waals surface area contributed by atoms with Gasteiger partial charge in [0.2, 0.25) is 0 Å². The molecule has 0 aromatic carbocycles. The average molecular weight is 263 g/mol. The Hall–Kier alpha value is -1.36. The molecule has 1 aromatic rings. The summed E-state index contributed by atoms with van der Waals surface area (Å²) in [6, 6.07) is 2.17. The number of aromatic nitrogens is 1. The number of hydrogen-bond acceptors (Lipinski definition) is 4. The van der Waals surface area contributed by atoms with Gasteiger partial charge in [0, 0.05) is 25.2 Å². The van der Waals surface area contributed by atoms with E-state index in [9.17, 15) is 4.79 Å². The molecule has 3 rings (SSSR count). The number of hydrogen-bond donors (Lipinski definition) is 1. The number of amides is 1. The Morgan fingerprint density at radius 3 is 2.89 bits per heavy atom. The van der Waals surface area contributed by atoms with E-state index < -0.39 is 0 Å². The normalized spacial score (nSPS) is 22.7. The Bertz CT molecular complexity index is 447. The highest BCUT2D eigenvalue weighted by Crippen LogP contribution is 2.30. The van der Waals surface area contributed by atoms with Gasteiger partial charge in [-0.05, 0) is 45.1 Å². The zero-order chi connectivity index (χ0) is 13.2. The van der Waals surface area contributed by atoms with Crippen molar-refractivity contribution in [1.29, 1.82) is 0 Å². The number of carbonyl (C=O) groups is 1. The first-order valence-corrected chi connectivity index (χ1v) is 7.18. The molecule has 1 atom stereocenters. The molecule has 1 saturated heterocycles. The summed E-state index contributed by atoms with van der Waals surface area (Å²) in [5, 5.41) is 7.31. The van der Waals surface area contributed by atoms with Gasteiger partial charge >= 0.3 is 0 Å². The minimum Gasteiger partial charge on any atom is -0.361 e. The average Bonchev–Trinajstić information content (AvgIpc) is 2.89. The predicted octanol–water partition coefficient (Wildman–Crippen LogP) is 1.59. The smallest absolute Gasteiger partial charge is 0.276 e. The van der Waals surface area contributed by atoms with Crippen molar-refractivity contribution in [2.45, 2.75) is 38.6 Å². The van der Waals surface area contributed by atoms with Crippen LogP contribution in [0.3, 0.4) is 0 Å². The van der Waals surface area contributed by atoms with Gasteiger partial charge < -0.3 is 14.7 Å². The second kappa shape index (κ2) is 5.33. The van der Waals surface area contributed by atoms with Gasteiger partial charge in [0.05, 0.1) is 0 Å². The minimum atomic E-state index is 0.0115. The quantitative estimate of drug-likeness (QED) is 0.876. The van der Waals surface area contributed by atoms with Crippen molar-refractivity contribution in [3.05, 3.63) is 17.5 Å². The van der Waals surface area contributed by atoms with Crippen molar-refractivity contribution in [2.24, 2.45) is 5.92 Å². The van der Waals surface area contributed by atoms with E-state index in [1.54, 1.807) is 6.07 Å². The molecule has 2 aliphatic rings. The van der Waals surface area contributed by atoms with E-state index >= 15 is 0 Å². The molecule has 104 valence electrons. The molecule has 0 bridgehead atoms. The van der Waals surface area contributed by atoms with E-state index in [-0.39, 0.29) is 5.91 Å². The largest absolute Gasteiger partial charge is 0.361 e. The van der Waals surface area contributed by atoms with E-state index in [4.69, 9.17) is 4.52 Å². The zero-order valence-electron chi connectivity index (χ0n) is 11.4. The molecular formula is C14H21N3O2. The first kappa shape index (κ1) is 12.7. The topological polar surface area (TPSA) is 58.4 Å². The van der Waals surface area contributed by atoms with Gasteiger partial charge in [0.25, 0.3) is 5.91 Å². The fourth-order valence-electron chi connectivity index (χ4n) is 2.66. The Balaban J connectivity index is 1.67. The van der Waals surface area contributed by atoms with Crippen LogP contribution in [0, 0.1) is 12.8 Å². The van der Waals surface area contributed by atoms with Crippen LogP contribution in [0.4, 0.5) is 0 Å². The lowest BCUT2D eigenvalue weighted by atomic mass is 10.2. The van der Waals surface area contributed by atoms with Crippen LogP contribution >= 0.6 is 0 Å². The third-order valence-electron chi connectivity index (χ3n) is 3.91.